The summed E-state index contributed by atoms with van der Waals surface area (Å²) in [6.07, 6.45) is 4.17. The Bertz CT molecular complexity index is 1310. The quantitative estimate of drug-likeness (QED) is 0.261. The number of benzene rings is 3. The smallest absolute Gasteiger partial charge is 0.269 e. The van der Waals surface area contributed by atoms with Gasteiger partial charge in [0.1, 0.15) is 0 Å². The van der Waals surface area contributed by atoms with Crippen molar-refractivity contribution in [1.29, 1.82) is 0 Å². The van der Waals surface area contributed by atoms with Crippen LogP contribution in [-0.4, -0.2) is 66.4 Å². The number of non-ortho nitro benzene ring substituents is 1. The molecule has 0 bridgehead atoms. The summed E-state index contributed by atoms with van der Waals surface area (Å²) < 4.78 is 0. The molecule has 8 heteroatoms. The lowest BCUT2D eigenvalue weighted by Crippen LogP contribution is -2.49. The van der Waals surface area contributed by atoms with Gasteiger partial charge in [0.25, 0.3) is 5.69 Å². The number of hydrogen-bond donors (Lipinski definition) is 0. The minimum atomic E-state index is -0.377. The van der Waals surface area contributed by atoms with E-state index in [0.29, 0.717) is 31.3 Å². The first-order valence-electron chi connectivity index (χ1n) is 14.4. The molecule has 208 valence electrons. The number of nitrogens with zero attached hydrogens (tertiary/aromatic N) is 4. The van der Waals surface area contributed by atoms with E-state index in [9.17, 15) is 14.9 Å². The molecule has 0 radical (unpaired) electrons. The molecule has 0 aliphatic carbocycles. The number of hydrogen-bond acceptors (Lipinski definition) is 6. The van der Waals surface area contributed by atoms with Crippen molar-refractivity contribution >= 4 is 29.0 Å². The Kier molecular flexibility index (Phi) is 8.07. The summed E-state index contributed by atoms with van der Waals surface area (Å²) >= 11 is 1.89. The second-order valence-corrected chi connectivity index (χ2v) is 12.2. The number of anilines is 1. The zero-order chi connectivity index (χ0) is 27.5. The Morgan fingerprint density at radius 3 is 2.17 bits per heavy atom. The number of fused-ring (bicyclic) bond motifs is 2. The number of piperidine rings is 1. The second-order valence-electron chi connectivity index (χ2n) is 11.2. The monoisotopic (exact) mass is 556 g/mol. The fourth-order valence-corrected chi connectivity index (χ4v) is 7.74. The highest BCUT2D eigenvalue weighted by atomic mass is 32.2. The summed E-state index contributed by atoms with van der Waals surface area (Å²) in [6, 6.07) is 24.5. The Labute approximate surface area is 240 Å². The van der Waals surface area contributed by atoms with E-state index in [0.717, 1.165) is 44.8 Å². The van der Waals surface area contributed by atoms with Crippen molar-refractivity contribution < 1.29 is 9.72 Å². The van der Waals surface area contributed by atoms with Crippen LogP contribution in [0.4, 0.5) is 11.4 Å². The van der Waals surface area contributed by atoms with Crippen LogP contribution in [0, 0.1) is 16.0 Å². The van der Waals surface area contributed by atoms with Gasteiger partial charge in [-0.25, -0.2) is 0 Å². The van der Waals surface area contributed by atoms with Gasteiger partial charge < -0.3 is 14.7 Å². The molecule has 3 aliphatic heterocycles. The molecule has 0 spiro atoms. The van der Waals surface area contributed by atoms with E-state index < -0.39 is 0 Å². The van der Waals surface area contributed by atoms with Gasteiger partial charge in [-0.2, -0.15) is 0 Å². The van der Waals surface area contributed by atoms with E-state index in [1.165, 1.54) is 33.8 Å². The molecule has 6 rings (SSSR count). The lowest BCUT2D eigenvalue weighted by molar-refractivity contribution is -0.384. The number of piperazine rings is 1. The normalized spacial score (nSPS) is 19.6. The highest BCUT2D eigenvalue weighted by Gasteiger charge is 2.30. The number of nitro groups is 1. The number of carbonyl (C=O) groups is 1. The number of rotatable bonds is 7. The van der Waals surface area contributed by atoms with Crippen LogP contribution in [-0.2, 0) is 4.79 Å². The van der Waals surface area contributed by atoms with Crippen molar-refractivity contribution in [3.05, 3.63) is 94.0 Å². The largest absolute Gasteiger partial charge is 0.368 e. The van der Waals surface area contributed by atoms with Crippen LogP contribution in [0.1, 0.15) is 42.7 Å². The van der Waals surface area contributed by atoms with Crippen molar-refractivity contribution in [3.63, 3.8) is 0 Å². The third-order valence-electron chi connectivity index (χ3n) is 8.68. The van der Waals surface area contributed by atoms with Crippen LogP contribution >= 0.6 is 11.8 Å². The first-order valence-corrected chi connectivity index (χ1v) is 15.2. The first kappa shape index (κ1) is 26.8. The Morgan fingerprint density at radius 1 is 0.875 bits per heavy atom. The molecule has 7 nitrogen and oxygen atoms in total. The van der Waals surface area contributed by atoms with Crippen LogP contribution < -0.4 is 4.90 Å². The fraction of sp³-hybridized carbons (Fsp3) is 0.406. The zero-order valence-electron chi connectivity index (χ0n) is 22.8. The van der Waals surface area contributed by atoms with E-state index in [1.54, 1.807) is 24.3 Å². The maximum Gasteiger partial charge on any atom is 0.269 e. The highest BCUT2D eigenvalue weighted by Crippen LogP contribution is 2.48. The van der Waals surface area contributed by atoms with Crippen molar-refractivity contribution in [2.45, 2.75) is 41.4 Å². The number of nitro benzene ring substituents is 1. The standard InChI is InChI=1S/C32H36N4O3S/c37-32(35-20-18-34(19-21-35)25-11-13-26(14-12-25)36(38)39)15-17-33-16-5-6-24(23-33)22-29-27-7-1-3-9-30(27)40-31-10-4-2-8-28(29)31/h1-4,7-14,24,29H,5-6,15-23H2. The highest BCUT2D eigenvalue weighted by molar-refractivity contribution is 7.99. The summed E-state index contributed by atoms with van der Waals surface area (Å²) in [5, 5.41) is 10.9. The average molecular weight is 557 g/mol. The van der Waals surface area contributed by atoms with Gasteiger partial charge >= 0.3 is 0 Å². The van der Waals surface area contributed by atoms with Crippen molar-refractivity contribution in [1.82, 2.24) is 9.80 Å². The molecule has 3 heterocycles. The predicted octanol–water partition coefficient (Wildman–Crippen LogP) is 6.03. The molecule has 1 amide bonds. The Balaban J connectivity index is 1.00. The fourth-order valence-electron chi connectivity index (χ4n) is 6.55. The molecule has 3 aromatic carbocycles. The van der Waals surface area contributed by atoms with Crippen molar-refractivity contribution in [2.75, 3.05) is 50.7 Å². The van der Waals surface area contributed by atoms with Gasteiger partial charge in [0, 0.05) is 79.2 Å². The summed E-state index contributed by atoms with van der Waals surface area (Å²) in [5.41, 5.74) is 4.00. The first-order chi connectivity index (χ1) is 19.5. The molecule has 0 N–H and O–H groups in total. The third-order valence-corrected chi connectivity index (χ3v) is 9.86. The molecular weight excluding hydrogens is 520 g/mol. The second kappa shape index (κ2) is 12.0. The van der Waals surface area contributed by atoms with Crippen LogP contribution in [0.2, 0.25) is 0 Å². The molecule has 2 fully saturated rings. The SMILES string of the molecule is O=C(CCN1CCCC(CC2c3ccccc3Sc3ccccc32)C1)N1CCN(c2ccc([N+](=O)[O-])cc2)CC1. The van der Waals surface area contributed by atoms with E-state index in [2.05, 4.69) is 58.3 Å². The lowest BCUT2D eigenvalue weighted by Gasteiger charge is -2.38. The third kappa shape index (κ3) is 5.88. The van der Waals surface area contributed by atoms with Gasteiger partial charge in [0.15, 0.2) is 0 Å². The number of likely N-dealkylation sites (tertiary alicyclic amines) is 1. The Hall–Kier alpha value is -3.36. The molecule has 2 saturated heterocycles. The molecule has 1 atom stereocenters. The molecule has 0 saturated carbocycles. The minimum absolute atomic E-state index is 0.102. The van der Waals surface area contributed by atoms with Crippen LogP contribution in [0.5, 0.6) is 0 Å². The van der Waals surface area contributed by atoms with Gasteiger partial charge in [-0.3, -0.25) is 14.9 Å². The van der Waals surface area contributed by atoms with Gasteiger partial charge in [0.2, 0.25) is 5.91 Å². The molecule has 3 aliphatic rings. The molecule has 40 heavy (non-hydrogen) atoms. The van der Waals surface area contributed by atoms with Gasteiger partial charge in [-0.15, -0.1) is 0 Å². The van der Waals surface area contributed by atoms with E-state index >= 15 is 0 Å². The zero-order valence-corrected chi connectivity index (χ0v) is 23.6. The van der Waals surface area contributed by atoms with E-state index in [4.69, 9.17) is 0 Å². The van der Waals surface area contributed by atoms with Crippen LogP contribution in [0.25, 0.3) is 0 Å². The Morgan fingerprint density at radius 2 is 1.52 bits per heavy atom. The lowest BCUT2D eigenvalue weighted by atomic mass is 9.80. The van der Waals surface area contributed by atoms with Gasteiger partial charge in [-0.05, 0) is 67.1 Å². The van der Waals surface area contributed by atoms with Gasteiger partial charge in [0.05, 0.1) is 4.92 Å². The predicted molar refractivity (Wildman–Crippen MR) is 159 cm³/mol. The van der Waals surface area contributed by atoms with Gasteiger partial charge in [-0.1, -0.05) is 48.2 Å². The molecule has 0 aromatic heterocycles. The minimum Gasteiger partial charge on any atom is -0.368 e. The molecule has 1 unspecified atom stereocenters. The summed E-state index contributed by atoms with van der Waals surface area (Å²) in [4.78, 5) is 33.1. The van der Waals surface area contributed by atoms with E-state index in [-0.39, 0.29) is 16.5 Å². The van der Waals surface area contributed by atoms with Crippen molar-refractivity contribution in [2.24, 2.45) is 5.92 Å². The maximum atomic E-state index is 13.1. The maximum absolute atomic E-state index is 13.1. The average Bonchev–Trinajstić information content (AvgIpc) is 3.00. The summed E-state index contributed by atoms with van der Waals surface area (Å²) in [5.74, 6) is 1.30. The molecular formula is C32H36N4O3S. The van der Waals surface area contributed by atoms with Crippen LogP contribution in [0.3, 0.4) is 0 Å². The van der Waals surface area contributed by atoms with Crippen LogP contribution in [0.15, 0.2) is 82.6 Å². The van der Waals surface area contributed by atoms with Crippen molar-refractivity contribution in [3.8, 4) is 0 Å². The number of carbonyl (C=O) groups excluding carboxylic acids is 1. The topological polar surface area (TPSA) is 69.9 Å². The van der Waals surface area contributed by atoms with E-state index in [1.807, 2.05) is 16.7 Å². The number of amides is 1. The molecule has 3 aromatic rings. The summed E-state index contributed by atoms with van der Waals surface area (Å²) in [7, 11) is 0. The summed E-state index contributed by atoms with van der Waals surface area (Å²) in [6.45, 7) is 5.84.